The maximum Gasteiger partial charge on any atom is 0.268 e. The van der Waals surface area contributed by atoms with Gasteiger partial charge in [-0.2, -0.15) is 0 Å². The molecule has 1 aromatic rings. The van der Waals surface area contributed by atoms with E-state index in [4.69, 9.17) is 4.74 Å². The molecule has 0 spiro atoms. The summed E-state index contributed by atoms with van der Waals surface area (Å²) in [5.41, 5.74) is 0.954. The number of carbonyl (C=O) groups excluding carboxylic acids is 2. The number of imide groups is 1. The molecule has 0 aromatic heterocycles. The average molecular weight is 335 g/mol. The van der Waals surface area contributed by atoms with Crippen molar-refractivity contribution >= 4 is 29.1 Å². The predicted molar refractivity (Wildman–Crippen MR) is 87.1 cm³/mol. The van der Waals surface area contributed by atoms with Gasteiger partial charge in [0.1, 0.15) is 5.82 Å². The van der Waals surface area contributed by atoms with E-state index in [2.05, 4.69) is 0 Å². The molecule has 1 unspecified atom stereocenters. The fourth-order valence-electron chi connectivity index (χ4n) is 2.86. The van der Waals surface area contributed by atoms with Crippen molar-refractivity contribution in [2.45, 2.75) is 25.9 Å². The van der Waals surface area contributed by atoms with Gasteiger partial charge >= 0.3 is 0 Å². The smallest absolute Gasteiger partial charge is 0.268 e. The van der Waals surface area contributed by atoms with Crippen LogP contribution in [0.15, 0.2) is 29.2 Å². The minimum atomic E-state index is -0.368. The van der Waals surface area contributed by atoms with Crippen molar-refractivity contribution in [3.05, 3.63) is 40.6 Å². The second-order valence-electron chi connectivity index (χ2n) is 5.50. The third kappa shape index (κ3) is 3.19. The van der Waals surface area contributed by atoms with Crippen molar-refractivity contribution in [2.24, 2.45) is 0 Å². The van der Waals surface area contributed by atoms with Gasteiger partial charge in [-0.3, -0.25) is 14.5 Å². The molecule has 1 saturated heterocycles. The lowest BCUT2D eigenvalue weighted by atomic mass is 10.1. The molecule has 1 fully saturated rings. The van der Waals surface area contributed by atoms with Crippen molar-refractivity contribution in [1.82, 2.24) is 4.90 Å². The van der Waals surface area contributed by atoms with Crippen LogP contribution in [0.25, 0.3) is 5.57 Å². The number of carbonyl (C=O) groups is 2. The molecular formula is C17H18FNO3S. The van der Waals surface area contributed by atoms with Crippen LogP contribution in [0.2, 0.25) is 0 Å². The Balaban J connectivity index is 1.91. The van der Waals surface area contributed by atoms with E-state index in [0.29, 0.717) is 28.4 Å². The maximum absolute atomic E-state index is 13.1. The summed E-state index contributed by atoms with van der Waals surface area (Å²) in [6, 6.07) is 5.69. The molecule has 2 aliphatic heterocycles. The summed E-state index contributed by atoms with van der Waals surface area (Å²) < 4.78 is 18.7. The number of hydrogen-bond acceptors (Lipinski definition) is 4. The Hall–Kier alpha value is -1.66. The number of hydrogen-bond donors (Lipinski definition) is 0. The van der Waals surface area contributed by atoms with Crippen LogP contribution in [0.5, 0.6) is 0 Å². The van der Waals surface area contributed by atoms with Crippen LogP contribution in [0.3, 0.4) is 0 Å². The monoisotopic (exact) mass is 335 g/mol. The van der Waals surface area contributed by atoms with E-state index in [-0.39, 0.29) is 30.3 Å². The summed E-state index contributed by atoms with van der Waals surface area (Å²) in [6.45, 7) is 2.90. The fourth-order valence-corrected chi connectivity index (χ4v) is 3.73. The van der Waals surface area contributed by atoms with Crippen LogP contribution in [0.1, 0.15) is 25.3 Å². The van der Waals surface area contributed by atoms with Crippen LogP contribution >= 0.6 is 11.8 Å². The summed E-state index contributed by atoms with van der Waals surface area (Å²) in [6.07, 6.45) is 1.73. The molecule has 1 aromatic carbocycles. The van der Waals surface area contributed by atoms with E-state index in [9.17, 15) is 14.0 Å². The third-order valence-corrected chi connectivity index (χ3v) is 4.91. The molecule has 122 valence electrons. The molecule has 0 aliphatic carbocycles. The van der Waals surface area contributed by atoms with Crippen molar-refractivity contribution in [2.75, 3.05) is 18.9 Å². The van der Waals surface area contributed by atoms with E-state index >= 15 is 0 Å². The minimum absolute atomic E-state index is 0.0802. The molecular weight excluding hydrogens is 317 g/mol. The van der Waals surface area contributed by atoms with Crippen LogP contribution in [-0.4, -0.2) is 41.7 Å². The van der Waals surface area contributed by atoms with Gasteiger partial charge < -0.3 is 4.74 Å². The van der Waals surface area contributed by atoms with Gasteiger partial charge in [0.05, 0.1) is 23.1 Å². The molecule has 0 radical (unpaired) electrons. The zero-order chi connectivity index (χ0) is 16.4. The molecule has 0 saturated carbocycles. The zero-order valence-corrected chi connectivity index (χ0v) is 13.7. The van der Waals surface area contributed by atoms with Crippen molar-refractivity contribution in [1.29, 1.82) is 0 Å². The summed E-state index contributed by atoms with van der Waals surface area (Å²) in [7, 11) is 0. The van der Waals surface area contributed by atoms with E-state index in [0.717, 1.165) is 12.8 Å². The third-order valence-electron chi connectivity index (χ3n) is 3.96. The number of nitrogens with zero attached hydrogens (tertiary/aromatic N) is 1. The Kier molecular flexibility index (Phi) is 4.82. The topological polar surface area (TPSA) is 46.6 Å². The van der Waals surface area contributed by atoms with Gasteiger partial charge in [0, 0.05) is 6.61 Å². The van der Waals surface area contributed by atoms with Gasteiger partial charge in [-0.05, 0) is 36.3 Å². The highest BCUT2D eigenvalue weighted by Gasteiger charge is 2.40. The first-order valence-corrected chi connectivity index (χ1v) is 8.71. The first-order chi connectivity index (χ1) is 11.1. The van der Waals surface area contributed by atoms with Crippen molar-refractivity contribution < 1.29 is 18.7 Å². The normalized spacial score (nSPS) is 21.7. The molecule has 3 rings (SSSR count). The minimum Gasteiger partial charge on any atom is -0.376 e. The number of ether oxygens (including phenoxy) is 1. The summed E-state index contributed by atoms with van der Waals surface area (Å²) in [5, 5.41) is 0. The van der Waals surface area contributed by atoms with Crippen molar-refractivity contribution in [3.8, 4) is 0 Å². The maximum atomic E-state index is 13.1. The lowest BCUT2D eigenvalue weighted by Gasteiger charge is -2.19. The second kappa shape index (κ2) is 6.84. The zero-order valence-electron chi connectivity index (χ0n) is 12.9. The first-order valence-electron chi connectivity index (χ1n) is 7.72. The fraction of sp³-hybridized carbons (Fsp3) is 0.412. The molecule has 1 atom stereocenters. The molecule has 4 nitrogen and oxygen atoms in total. The quantitative estimate of drug-likeness (QED) is 0.776. The molecule has 2 amide bonds. The van der Waals surface area contributed by atoms with Gasteiger partial charge in [-0.25, -0.2) is 4.39 Å². The first kappa shape index (κ1) is 16.2. The predicted octanol–water partition coefficient (Wildman–Crippen LogP) is 2.84. The highest BCUT2D eigenvalue weighted by Crippen LogP contribution is 2.36. The molecule has 2 heterocycles. The van der Waals surface area contributed by atoms with E-state index in [1.54, 1.807) is 12.1 Å². The van der Waals surface area contributed by atoms with Gasteiger partial charge in [0.15, 0.2) is 0 Å². The SMILES string of the molecule is CCSC1=C(c2ccc(F)cc2)C(=O)N(CC2CCCO2)C1=O. The highest BCUT2D eigenvalue weighted by molar-refractivity contribution is 8.04. The standard InChI is InChI=1S/C17H18FNO3S/c1-2-23-15-14(11-5-7-12(18)8-6-11)16(20)19(17(15)21)10-13-4-3-9-22-13/h5-8,13H,2-4,9-10H2,1H3. The second-order valence-corrected chi connectivity index (χ2v) is 6.77. The van der Waals surface area contributed by atoms with Gasteiger partial charge in [-0.1, -0.05) is 19.1 Å². The van der Waals surface area contributed by atoms with E-state index in [1.165, 1.54) is 28.8 Å². The Morgan fingerprint density at radius 3 is 2.61 bits per heavy atom. The highest BCUT2D eigenvalue weighted by atomic mass is 32.2. The molecule has 2 aliphatic rings. The van der Waals surface area contributed by atoms with E-state index < -0.39 is 0 Å². The van der Waals surface area contributed by atoms with Gasteiger partial charge in [-0.15, -0.1) is 11.8 Å². The number of thioether (sulfide) groups is 1. The summed E-state index contributed by atoms with van der Waals surface area (Å²) in [4.78, 5) is 27.1. The molecule has 6 heteroatoms. The van der Waals surface area contributed by atoms with Crippen LogP contribution < -0.4 is 0 Å². The van der Waals surface area contributed by atoms with Crippen LogP contribution in [-0.2, 0) is 14.3 Å². The lowest BCUT2D eigenvalue weighted by Crippen LogP contribution is -2.37. The van der Waals surface area contributed by atoms with Gasteiger partial charge in [0.25, 0.3) is 11.8 Å². The van der Waals surface area contributed by atoms with Crippen LogP contribution in [0, 0.1) is 5.82 Å². The lowest BCUT2D eigenvalue weighted by molar-refractivity contribution is -0.138. The van der Waals surface area contributed by atoms with Crippen molar-refractivity contribution in [3.63, 3.8) is 0 Å². The average Bonchev–Trinajstić information content (AvgIpc) is 3.13. The molecule has 0 bridgehead atoms. The summed E-state index contributed by atoms with van der Waals surface area (Å²) in [5.74, 6) is -0.260. The molecule has 0 N–H and O–H groups in total. The Labute approximate surface area is 138 Å². The number of benzene rings is 1. The van der Waals surface area contributed by atoms with Crippen LogP contribution in [0.4, 0.5) is 4.39 Å². The number of halogens is 1. The Bertz CT molecular complexity index is 650. The van der Waals surface area contributed by atoms with E-state index in [1.807, 2.05) is 6.92 Å². The largest absolute Gasteiger partial charge is 0.376 e. The number of rotatable bonds is 5. The number of amides is 2. The Morgan fingerprint density at radius 1 is 1.26 bits per heavy atom. The summed E-state index contributed by atoms with van der Waals surface area (Å²) >= 11 is 1.35. The van der Waals surface area contributed by atoms with Gasteiger partial charge in [0.2, 0.25) is 0 Å². The molecule has 23 heavy (non-hydrogen) atoms. The Morgan fingerprint density at radius 2 is 2.00 bits per heavy atom.